The lowest BCUT2D eigenvalue weighted by Gasteiger charge is -2.33. The molecule has 2 atom stereocenters. The smallest absolute Gasteiger partial charge is 0.107 e. The topological polar surface area (TPSA) is 13.0 Å². The highest BCUT2D eigenvalue weighted by Gasteiger charge is 2.27. The van der Waals surface area contributed by atoms with Crippen molar-refractivity contribution in [3.05, 3.63) is 78.9 Å². The number of benzene rings is 2. The fraction of sp³-hybridized carbons (Fsp3) is 0.273. The molecule has 2 aromatic carbocycles. The van der Waals surface area contributed by atoms with Gasteiger partial charge in [-0.15, -0.1) is 0 Å². The maximum Gasteiger partial charge on any atom is 0.107 e. The second-order valence-electron chi connectivity index (χ2n) is 7.00. The Morgan fingerprint density at radius 1 is 0.654 bits per heavy atom. The number of rotatable bonds is 3. The molecular formula is C22H26N4. The first-order chi connectivity index (χ1) is 12.6. The minimum atomic E-state index is 0.237. The van der Waals surface area contributed by atoms with Crippen LogP contribution in [0.2, 0.25) is 0 Å². The molecule has 26 heavy (non-hydrogen) atoms. The quantitative estimate of drug-likeness (QED) is 0.798. The van der Waals surface area contributed by atoms with Crippen molar-refractivity contribution in [2.75, 3.05) is 21.7 Å². The summed E-state index contributed by atoms with van der Waals surface area (Å²) >= 11 is 0. The first-order valence-electron chi connectivity index (χ1n) is 9.16. The molecule has 0 fully saturated rings. The highest BCUT2D eigenvalue weighted by Crippen LogP contribution is 2.36. The average Bonchev–Trinajstić information content (AvgIpc) is 3.19. The van der Waals surface area contributed by atoms with Gasteiger partial charge in [0.05, 0.1) is 0 Å². The van der Waals surface area contributed by atoms with Crippen LogP contribution < -0.4 is 14.7 Å². The Morgan fingerprint density at radius 3 is 1.85 bits per heavy atom. The van der Waals surface area contributed by atoms with Crippen molar-refractivity contribution in [3.8, 4) is 0 Å². The fourth-order valence-corrected chi connectivity index (χ4v) is 3.79. The first-order valence-corrected chi connectivity index (χ1v) is 9.16. The summed E-state index contributed by atoms with van der Waals surface area (Å²) in [4.78, 5) is 9.21. The summed E-state index contributed by atoms with van der Waals surface area (Å²) in [6.07, 6.45) is 9.21. The van der Waals surface area contributed by atoms with Gasteiger partial charge in [0, 0.05) is 48.9 Å². The Balaban J connectivity index is 1.64. The van der Waals surface area contributed by atoms with Crippen LogP contribution in [0.4, 0.5) is 17.1 Å². The van der Waals surface area contributed by atoms with Gasteiger partial charge in [0.1, 0.15) is 12.3 Å². The minimum Gasteiger partial charge on any atom is -0.359 e. The Hall–Kier alpha value is -2.88. The predicted molar refractivity (Wildman–Crippen MR) is 110 cm³/mol. The number of hydrogen-bond donors (Lipinski definition) is 0. The highest BCUT2D eigenvalue weighted by atomic mass is 15.4. The summed E-state index contributed by atoms with van der Waals surface area (Å²) in [5, 5.41) is 0. The molecule has 0 N–H and O–H groups in total. The molecule has 0 aromatic heterocycles. The lowest BCUT2D eigenvalue weighted by Crippen LogP contribution is -2.37. The molecule has 4 nitrogen and oxygen atoms in total. The molecule has 2 aliphatic heterocycles. The Kier molecular flexibility index (Phi) is 4.11. The molecule has 134 valence electrons. The first kappa shape index (κ1) is 16.6. The third kappa shape index (κ3) is 2.62. The van der Waals surface area contributed by atoms with Crippen LogP contribution in [-0.2, 0) is 0 Å². The van der Waals surface area contributed by atoms with Crippen molar-refractivity contribution in [1.29, 1.82) is 0 Å². The number of nitrogens with zero attached hydrogens (tertiary/aromatic N) is 4. The van der Waals surface area contributed by atoms with E-state index in [4.69, 9.17) is 0 Å². The van der Waals surface area contributed by atoms with Gasteiger partial charge in [-0.1, -0.05) is 24.3 Å². The van der Waals surface area contributed by atoms with Crippen molar-refractivity contribution in [1.82, 2.24) is 4.90 Å². The van der Waals surface area contributed by atoms with Crippen LogP contribution in [0.15, 0.2) is 73.3 Å². The lowest BCUT2D eigenvalue weighted by atomic mass is 10.1. The summed E-state index contributed by atoms with van der Waals surface area (Å²) in [7, 11) is 2.11. The second-order valence-corrected chi connectivity index (χ2v) is 7.00. The van der Waals surface area contributed by atoms with E-state index in [1.165, 1.54) is 22.6 Å². The Labute approximate surface area is 156 Å². The van der Waals surface area contributed by atoms with E-state index in [0.29, 0.717) is 6.17 Å². The fourth-order valence-electron chi connectivity index (χ4n) is 3.79. The zero-order chi connectivity index (χ0) is 18.3. The van der Waals surface area contributed by atoms with Crippen molar-refractivity contribution in [2.24, 2.45) is 0 Å². The molecule has 0 aliphatic carbocycles. The van der Waals surface area contributed by atoms with E-state index in [-0.39, 0.29) is 6.17 Å². The molecule has 4 rings (SSSR count). The van der Waals surface area contributed by atoms with Gasteiger partial charge in [0.2, 0.25) is 0 Å². The van der Waals surface area contributed by atoms with Gasteiger partial charge in [0.15, 0.2) is 0 Å². The molecule has 2 aliphatic rings. The van der Waals surface area contributed by atoms with Crippen molar-refractivity contribution >= 4 is 17.1 Å². The monoisotopic (exact) mass is 346 g/mol. The van der Waals surface area contributed by atoms with Gasteiger partial charge < -0.3 is 19.6 Å². The molecular weight excluding hydrogens is 320 g/mol. The standard InChI is InChI=1S/C22H26N4/c1-17-21(25-14-13-23(4)18(25)2)11-8-12-22(17)26-16-15-24(19(26)3)20-9-6-5-7-10-20/h5-16,18-19H,1-4H3/t18-,19+/m0/s1. The van der Waals surface area contributed by atoms with Gasteiger partial charge in [-0.3, -0.25) is 0 Å². The highest BCUT2D eigenvalue weighted by molar-refractivity contribution is 5.72. The van der Waals surface area contributed by atoms with Crippen molar-refractivity contribution in [3.63, 3.8) is 0 Å². The van der Waals surface area contributed by atoms with Crippen molar-refractivity contribution in [2.45, 2.75) is 33.1 Å². The summed E-state index contributed by atoms with van der Waals surface area (Å²) in [5.74, 6) is 0. The van der Waals surface area contributed by atoms with Crippen molar-refractivity contribution < 1.29 is 0 Å². The molecule has 0 amide bonds. The summed E-state index contributed by atoms with van der Waals surface area (Å²) in [6, 6.07) is 17.1. The molecule has 0 spiro atoms. The SMILES string of the molecule is Cc1c(N2C=CN(c3ccccc3)[C@H]2C)cccc1N1C=CN(C)[C@@H]1C. The van der Waals surface area contributed by atoms with E-state index >= 15 is 0 Å². The third-order valence-corrected chi connectivity index (χ3v) is 5.53. The molecule has 0 radical (unpaired) electrons. The van der Waals surface area contributed by atoms with Gasteiger partial charge in [0.25, 0.3) is 0 Å². The third-order valence-electron chi connectivity index (χ3n) is 5.53. The summed E-state index contributed by atoms with van der Waals surface area (Å²) in [5.41, 5.74) is 5.02. The van der Waals surface area contributed by atoms with E-state index in [1.54, 1.807) is 0 Å². The molecule has 0 bridgehead atoms. The second kappa shape index (κ2) is 6.45. The van der Waals surface area contributed by atoms with Crippen LogP contribution in [0, 0.1) is 6.92 Å². The number of hydrogen-bond acceptors (Lipinski definition) is 4. The number of para-hydroxylation sites is 1. The Bertz CT molecular complexity index is 842. The molecule has 0 saturated heterocycles. The van der Waals surface area contributed by atoms with E-state index in [0.717, 1.165) is 0 Å². The normalized spacial score (nSPS) is 22.0. The van der Waals surface area contributed by atoms with Crippen LogP contribution >= 0.6 is 0 Å². The van der Waals surface area contributed by atoms with Crippen LogP contribution in [0.5, 0.6) is 0 Å². The number of anilines is 3. The average molecular weight is 346 g/mol. The lowest BCUT2D eigenvalue weighted by molar-refractivity contribution is 0.383. The summed E-state index contributed by atoms with van der Waals surface area (Å²) < 4.78 is 0. The summed E-state index contributed by atoms with van der Waals surface area (Å²) in [6.45, 7) is 6.68. The predicted octanol–water partition coefficient (Wildman–Crippen LogP) is 4.71. The molecule has 4 heteroatoms. The Morgan fingerprint density at radius 2 is 1.23 bits per heavy atom. The molecule has 0 unspecified atom stereocenters. The van der Waals surface area contributed by atoms with Crippen LogP contribution in [0.25, 0.3) is 0 Å². The van der Waals surface area contributed by atoms with Gasteiger partial charge in [-0.2, -0.15) is 0 Å². The van der Waals surface area contributed by atoms with E-state index in [1.807, 2.05) is 0 Å². The zero-order valence-corrected chi connectivity index (χ0v) is 15.9. The molecule has 2 aromatic rings. The molecule has 2 heterocycles. The van der Waals surface area contributed by atoms with E-state index < -0.39 is 0 Å². The maximum atomic E-state index is 2.35. The van der Waals surface area contributed by atoms with E-state index in [2.05, 4.69) is 121 Å². The van der Waals surface area contributed by atoms with Crippen LogP contribution in [0.3, 0.4) is 0 Å². The zero-order valence-electron chi connectivity index (χ0n) is 15.9. The van der Waals surface area contributed by atoms with E-state index in [9.17, 15) is 0 Å². The maximum absolute atomic E-state index is 2.35. The largest absolute Gasteiger partial charge is 0.359 e. The van der Waals surface area contributed by atoms with Gasteiger partial charge >= 0.3 is 0 Å². The minimum absolute atomic E-state index is 0.237. The van der Waals surface area contributed by atoms with Gasteiger partial charge in [-0.25, -0.2) is 0 Å². The van der Waals surface area contributed by atoms with Crippen LogP contribution in [-0.4, -0.2) is 24.3 Å². The van der Waals surface area contributed by atoms with Gasteiger partial charge in [-0.05, 0) is 50.6 Å². The molecule has 0 saturated carbocycles. The van der Waals surface area contributed by atoms with Crippen LogP contribution in [0.1, 0.15) is 19.4 Å².